The number of hydrogen-bond donors (Lipinski definition) is 1. The van der Waals surface area contributed by atoms with Gasteiger partial charge in [0.15, 0.2) is 0 Å². The quantitative estimate of drug-likeness (QED) is 0.671. The number of thiophene rings is 1. The third-order valence-electron chi connectivity index (χ3n) is 4.48. The van der Waals surface area contributed by atoms with Gasteiger partial charge in [-0.25, -0.2) is 9.97 Å². The highest BCUT2D eigenvalue weighted by Crippen LogP contribution is 2.37. The zero-order valence-electron chi connectivity index (χ0n) is 11.4. The Kier molecular flexibility index (Phi) is 3.00. The number of aromatic nitrogens is 2. The maximum absolute atomic E-state index is 11.0. The van der Waals surface area contributed by atoms with Gasteiger partial charge in [-0.3, -0.25) is 10.1 Å². The monoisotopic (exact) mass is 305 g/mol. The Hall–Kier alpha value is -1.80. The minimum Gasteiger partial charge on any atom is -0.356 e. The maximum atomic E-state index is 11.0. The molecule has 21 heavy (non-hydrogen) atoms. The van der Waals surface area contributed by atoms with Crippen molar-refractivity contribution in [2.75, 3.05) is 31.1 Å². The third-order valence-corrected chi connectivity index (χ3v) is 5.47. The molecule has 0 aliphatic carbocycles. The molecule has 2 aromatic heterocycles. The zero-order valence-corrected chi connectivity index (χ0v) is 12.2. The van der Waals surface area contributed by atoms with Crippen LogP contribution in [-0.4, -0.2) is 41.1 Å². The van der Waals surface area contributed by atoms with E-state index in [4.69, 9.17) is 0 Å². The molecule has 4 rings (SSSR count). The smallest absolute Gasteiger partial charge is 0.326 e. The average Bonchev–Trinajstić information content (AvgIpc) is 3.12. The molecule has 2 aromatic rings. The van der Waals surface area contributed by atoms with Crippen molar-refractivity contribution in [2.45, 2.75) is 6.42 Å². The van der Waals surface area contributed by atoms with Gasteiger partial charge in [0.2, 0.25) is 0 Å². The van der Waals surface area contributed by atoms with Gasteiger partial charge in [-0.05, 0) is 42.7 Å². The number of nitro groups is 1. The van der Waals surface area contributed by atoms with Crippen molar-refractivity contribution in [1.29, 1.82) is 0 Å². The molecule has 0 aromatic carbocycles. The summed E-state index contributed by atoms with van der Waals surface area (Å²) in [4.78, 5) is 22.1. The van der Waals surface area contributed by atoms with Gasteiger partial charge in [-0.2, -0.15) is 0 Å². The number of nitrogens with one attached hydrogen (secondary N) is 1. The van der Waals surface area contributed by atoms with Crippen LogP contribution in [0.5, 0.6) is 0 Å². The zero-order chi connectivity index (χ0) is 14.4. The van der Waals surface area contributed by atoms with Gasteiger partial charge in [-0.1, -0.05) is 0 Å². The van der Waals surface area contributed by atoms with Crippen LogP contribution >= 0.6 is 11.3 Å². The van der Waals surface area contributed by atoms with Crippen LogP contribution in [0.4, 0.5) is 10.8 Å². The Bertz CT molecular complexity index is 703. The van der Waals surface area contributed by atoms with Gasteiger partial charge in [0, 0.05) is 19.2 Å². The molecule has 7 nitrogen and oxygen atoms in total. The van der Waals surface area contributed by atoms with Gasteiger partial charge < -0.3 is 10.2 Å². The van der Waals surface area contributed by atoms with Crippen molar-refractivity contribution in [1.82, 2.24) is 15.3 Å². The first-order valence-electron chi connectivity index (χ1n) is 7.07. The molecular weight excluding hydrogens is 290 g/mol. The van der Waals surface area contributed by atoms with Gasteiger partial charge >= 0.3 is 5.00 Å². The lowest BCUT2D eigenvalue weighted by atomic mass is 9.88. The molecule has 2 atom stereocenters. The van der Waals surface area contributed by atoms with E-state index >= 15 is 0 Å². The maximum Gasteiger partial charge on any atom is 0.326 e. The highest BCUT2D eigenvalue weighted by Gasteiger charge is 2.34. The van der Waals surface area contributed by atoms with Crippen molar-refractivity contribution in [2.24, 2.45) is 11.8 Å². The van der Waals surface area contributed by atoms with Crippen LogP contribution in [0.3, 0.4) is 0 Å². The van der Waals surface area contributed by atoms with Crippen molar-refractivity contribution < 1.29 is 4.92 Å². The summed E-state index contributed by atoms with van der Waals surface area (Å²) in [5.74, 6) is 2.25. The molecular formula is C13H15N5O2S. The molecule has 2 saturated heterocycles. The molecule has 0 spiro atoms. The number of piperidine rings is 1. The summed E-state index contributed by atoms with van der Waals surface area (Å²) in [6, 6.07) is 1.61. The van der Waals surface area contributed by atoms with Crippen LogP contribution in [0.25, 0.3) is 10.2 Å². The standard InChI is InChI=1S/C13H15N5O2S/c19-18(20)11-3-10-12(15-7-16-13(10)21-11)17-2-1-8-4-14-5-9(8)6-17/h3,7-9,14H,1-2,4-6H2. The molecule has 4 heterocycles. The number of nitrogens with zero attached hydrogens (tertiary/aromatic N) is 4. The van der Waals surface area contributed by atoms with Crippen LogP contribution in [0, 0.1) is 22.0 Å². The molecule has 2 fully saturated rings. The van der Waals surface area contributed by atoms with Crippen molar-refractivity contribution in [3.8, 4) is 0 Å². The second-order valence-corrected chi connectivity index (χ2v) is 6.68. The molecule has 0 saturated carbocycles. The van der Waals surface area contributed by atoms with E-state index in [0.717, 1.165) is 61.1 Å². The lowest BCUT2D eigenvalue weighted by Gasteiger charge is -2.35. The summed E-state index contributed by atoms with van der Waals surface area (Å²) in [6.45, 7) is 4.09. The first kappa shape index (κ1) is 12.9. The highest BCUT2D eigenvalue weighted by atomic mass is 32.1. The predicted molar refractivity (Wildman–Crippen MR) is 80.7 cm³/mol. The van der Waals surface area contributed by atoms with E-state index in [1.165, 1.54) is 6.33 Å². The normalized spacial score (nSPS) is 25.2. The summed E-state index contributed by atoms with van der Waals surface area (Å²) in [5.41, 5.74) is 0. The fraction of sp³-hybridized carbons (Fsp3) is 0.538. The second kappa shape index (κ2) is 4.88. The van der Waals surface area contributed by atoms with Gasteiger partial charge in [0.25, 0.3) is 0 Å². The number of fused-ring (bicyclic) bond motifs is 2. The van der Waals surface area contributed by atoms with E-state index in [1.54, 1.807) is 6.07 Å². The van der Waals surface area contributed by atoms with E-state index < -0.39 is 0 Å². The third kappa shape index (κ3) is 2.14. The number of rotatable bonds is 2. The number of hydrogen-bond acceptors (Lipinski definition) is 7. The van der Waals surface area contributed by atoms with Gasteiger partial charge in [-0.15, -0.1) is 0 Å². The first-order chi connectivity index (χ1) is 10.2. The van der Waals surface area contributed by atoms with E-state index in [-0.39, 0.29) is 9.92 Å². The molecule has 0 bridgehead atoms. The summed E-state index contributed by atoms with van der Waals surface area (Å²) >= 11 is 1.11. The molecule has 1 N–H and O–H groups in total. The summed E-state index contributed by atoms with van der Waals surface area (Å²) in [7, 11) is 0. The largest absolute Gasteiger partial charge is 0.356 e. The van der Waals surface area contributed by atoms with Crippen molar-refractivity contribution in [3.05, 3.63) is 22.5 Å². The van der Waals surface area contributed by atoms with E-state index in [9.17, 15) is 10.1 Å². The molecule has 110 valence electrons. The van der Waals surface area contributed by atoms with Gasteiger partial charge in [0.1, 0.15) is 17.0 Å². The molecule has 8 heteroatoms. The highest BCUT2D eigenvalue weighted by molar-refractivity contribution is 7.21. The van der Waals surface area contributed by atoms with Crippen LogP contribution in [-0.2, 0) is 0 Å². The van der Waals surface area contributed by atoms with Crippen molar-refractivity contribution in [3.63, 3.8) is 0 Å². The van der Waals surface area contributed by atoms with Gasteiger partial charge in [0.05, 0.1) is 10.3 Å². The van der Waals surface area contributed by atoms with Crippen LogP contribution in [0.15, 0.2) is 12.4 Å². The summed E-state index contributed by atoms with van der Waals surface area (Å²) in [6.07, 6.45) is 2.66. The molecule has 0 amide bonds. The molecule has 2 unspecified atom stereocenters. The Labute approximate surface area is 125 Å². The SMILES string of the molecule is O=[N+]([O-])c1cc2c(N3CCC4CNCC4C3)ncnc2s1. The van der Waals surface area contributed by atoms with E-state index in [0.29, 0.717) is 10.7 Å². The number of anilines is 1. The molecule has 0 radical (unpaired) electrons. The topological polar surface area (TPSA) is 84.2 Å². The Morgan fingerprint density at radius 3 is 3.10 bits per heavy atom. The fourth-order valence-electron chi connectivity index (χ4n) is 3.40. The van der Waals surface area contributed by atoms with Crippen LogP contribution < -0.4 is 10.2 Å². The minimum atomic E-state index is -0.358. The predicted octanol–water partition coefficient (Wildman–Crippen LogP) is 1.65. The van der Waals surface area contributed by atoms with Crippen LogP contribution in [0.2, 0.25) is 0 Å². The molecule has 2 aliphatic heterocycles. The van der Waals surface area contributed by atoms with Crippen molar-refractivity contribution >= 4 is 32.4 Å². The summed E-state index contributed by atoms with van der Waals surface area (Å²) in [5, 5.41) is 15.3. The molecule has 2 aliphatic rings. The van der Waals surface area contributed by atoms with Crippen LogP contribution in [0.1, 0.15) is 6.42 Å². The second-order valence-electron chi connectivity index (χ2n) is 5.67. The lowest BCUT2D eigenvalue weighted by Crippen LogP contribution is -2.40. The minimum absolute atomic E-state index is 0.129. The average molecular weight is 305 g/mol. The van der Waals surface area contributed by atoms with E-state index in [1.807, 2.05) is 0 Å². The Morgan fingerprint density at radius 2 is 2.24 bits per heavy atom. The van der Waals surface area contributed by atoms with E-state index in [2.05, 4.69) is 20.2 Å². The summed E-state index contributed by atoms with van der Waals surface area (Å²) < 4.78 is 0. The first-order valence-corrected chi connectivity index (χ1v) is 7.88. The Balaban J connectivity index is 1.71. The Morgan fingerprint density at radius 1 is 1.38 bits per heavy atom. The lowest BCUT2D eigenvalue weighted by molar-refractivity contribution is -0.380. The fourth-order valence-corrected chi connectivity index (χ4v) is 4.21.